The van der Waals surface area contributed by atoms with Crippen molar-refractivity contribution < 1.29 is 14.6 Å². The van der Waals surface area contributed by atoms with Gasteiger partial charge in [-0.2, -0.15) is 0 Å². The summed E-state index contributed by atoms with van der Waals surface area (Å²) >= 11 is 0. The van der Waals surface area contributed by atoms with Crippen molar-refractivity contribution in [2.45, 2.75) is 6.54 Å². The van der Waals surface area contributed by atoms with E-state index in [1.807, 2.05) is 26.2 Å². The number of hydrogen-bond acceptors (Lipinski definition) is 5. The summed E-state index contributed by atoms with van der Waals surface area (Å²) < 4.78 is 10.5. The summed E-state index contributed by atoms with van der Waals surface area (Å²) in [5.74, 6) is 0.666. The van der Waals surface area contributed by atoms with E-state index in [-0.39, 0.29) is 5.75 Å². The van der Waals surface area contributed by atoms with Gasteiger partial charge in [-0.15, -0.1) is 0 Å². The van der Waals surface area contributed by atoms with Gasteiger partial charge in [0.25, 0.3) is 0 Å². The SMILES string of the molecule is COc1cc(CNCCOCCN(C)C)ccc1O. The van der Waals surface area contributed by atoms with Crippen LogP contribution in [-0.4, -0.2) is 57.5 Å². The monoisotopic (exact) mass is 268 g/mol. The zero-order valence-electron chi connectivity index (χ0n) is 12.0. The van der Waals surface area contributed by atoms with Crippen molar-refractivity contribution in [3.05, 3.63) is 23.8 Å². The molecule has 1 rings (SSSR count). The first kappa shape index (κ1) is 15.8. The summed E-state index contributed by atoms with van der Waals surface area (Å²) in [6.07, 6.45) is 0. The fourth-order valence-corrected chi connectivity index (χ4v) is 1.56. The summed E-state index contributed by atoms with van der Waals surface area (Å²) in [5, 5.41) is 12.8. The molecule has 0 unspecified atom stereocenters. The highest BCUT2D eigenvalue weighted by Gasteiger charge is 2.02. The van der Waals surface area contributed by atoms with E-state index in [1.54, 1.807) is 13.2 Å². The number of methoxy groups -OCH3 is 1. The molecule has 0 saturated carbocycles. The first-order valence-electron chi connectivity index (χ1n) is 6.42. The van der Waals surface area contributed by atoms with Crippen molar-refractivity contribution in [2.24, 2.45) is 0 Å². The number of hydrogen-bond donors (Lipinski definition) is 2. The fraction of sp³-hybridized carbons (Fsp3) is 0.571. The lowest BCUT2D eigenvalue weighted by Gasteiger charge is -2.10. The molecule has 0 spiro atoms. The Balaban J connectivity index is 2.15. The second kappa shape index (κ2) is 8.74. The predicted octanol–water partition coefficient (Wildman–Crippen LogP) is 1.07. The van der Waals surface area contributed by atoms with Crippen LogP contribution in [0.2, 0.25) is 0 Å². The fourth-order valence-electron chi connectivity index (χ4n) is 1.56. The first-order valence-corrected chi connectivity index (χ1v) is 6.42. The summed E-state index contributed by atoms with van der Waals surface area (Å²) in [6, 6.07) is 5.34. The number of ether oxygens (including phenoxy) is 2. The number of phenolic OH excluding ortho intramolecular Hbond substituents is 1. The Kier molecular flexibility index (Phi) is 7.25. The third-order valence-corrected chi connectivity index (χ3v) is 2.68. The van der Waals surface area contributed by atoms with Crippen molar-refractivity contribution in [3.63, 3.8) is 0 Å². The summed E-state index contributed by atoms with van der Waals surface area (Å²) in [6.45, 7) is 3.92. The van der Waals surface area contributed by atoms with Crippen molar-refractivity contribution >= 4 is 0 Å². The zero-order valence-corrected chi connectivity index (χ0v) is 12.0. The number of phenols is 1. The van der Waals surface area contributed by atoms with Crippen LogP contribution in [0.4, 0.5) is 0 Å². The van der Waals surface area contributed by atoms with E-state index in [4.69, 9.17) is 9.47 Å². The minimum atomic E-state index is 0.165. The van der Waals surface area contributed by atoms with Gasteiger partial charge in [0.05, 0.1) is 20.3 Å². The lowest BCUT2D eigenvalue weighted by molar-refractivity contribution is 0.119. The third-order valence-electron chi connectivity index (χ3n) is 2.68. The second-order valence-corrected chi connectivity index (χ2v) is 4.60. The van der Waals surface area contributed by atoms with Gasteiger partial charge < -0.3 is 24.8 Å². The molecule has 19 heavy (non-hydrogen) atoms. The number of aromatic hydroxyl groups is 1. The van der Waals surface area contributed by atoms with Crippen molar-refractivity contribution in [1.29, 1.82) is 0 Å². The van der Waals surface area contributed by atoms with Crippen LogP contribution in [0.1, 0.15) is 5.56 Å². The Labute approximate surface area is 115 Å². The van der Waals surface area contributed by atoms with E-state index in [0.29, 0.717) is 12.4 Å². The van der Waals surface area contributed by atoms with Gasteiger partial charge in [-0.1, -0.05) is 6.07 Å². The maximum Gasteiger partial charge on any atom is 0.160 e. The molecule has 0 fully saturated rings. The van der Waals surface area contributed by atoms with Crippen LogP contribution >= 0.6 is 0 Å². The molecule has 1 aromatic carbocycles. The van der Waals surface area contributed by atoms with Gasteiger partial charge in [0, 0.05) is 19.6 Å². The Morgan fingerprint density at radius 2 is 2.05 bits per heavy atom. The van der Waals surface area contributed by atoms with Crippen molar-refractivity contribution in [1.82, 2.24) is 10.2 Å². The van der Waals surface area contributed by atoms with Crippen LogP contribution in [0.25, 0.3) is 0 Å². The van der Waals surface area contributed by atoms with Gasteiger partial charge in [0.15, 0.2) is 11.5 Å². The number of benzene rings is 1. The van der Waals surface area contributed by atoms with E-state index in [9.17, 15) is 5.11 Å². The topological polar surface area (TPSA) is 54.0 Å². The van der Waals surface area contributed by atoms with E-state index in [2.05, 4.69) is 10.2 Å². The lowest BCUT2D eigenvalue weighted by atomic mass is 10.2. The smallest absolute Gasteiger partial charge is 0.160 e. The van der Waals surface area contributed by atoms with Gasteiger partial charge in [0.1, 0.15) is 0 Å². The number of nitrogens with one attached hydrogen (secondary N) is 1. The summed E-state index contributed by atoms with van der Waals surface area (Å²) in [5.41, 5.74) is 1.07. The molecule has 5 heteroatoms. The molecular weight excluding hydrogens is 244 g/mol. The quantitative estimate of drug-likeness (QED) is 0.656. The molecule has 0 aromatic heterocycles. The molecule has 5 nitrogen and oxygen atoms in total. The van der Waals surface area contributed by atoms with Gasteiger partial charge >= 0.3 is 0 Å². The molecule has 0 heterocycles. The molecular formula is C14H24N2O3. The standard InChI is InChI=1S/C14H24N2O3/c1-16(2)7-9-19-8-6-15-11-12-4-5-13(17)14(10-12)18-3/h4-5,10,15,17H,6-9,11H2,1-3H3. The maximum absolute atomic E-state index is 9.48. The van der Waals surface area contributed by atoms with E-state index in [1.165, 1.54) is 0 Å². The van der Waals surface area contributed by atoms with Crippen LogP contribution in [0.3, 0.4) is 0 Å². The molecule has 0 aliphatic heterocycles. The number of rotatable bonds is 9. The van der Waals surface area contributed by atoms with E-state index in [0.717, 1.165) is 31.8 Å². The largest absolute Gasteiger partial charge is 0.504 e. The molecule has 108 valence electrons. The third kappa shape index (κ3) is 6.42. The Bertz CT molecular complexity index is 370. The highest BCUT2D eigenvalue weighted by Crippen LogP contribution is 2.25. The predicted molar refractivity (Wildman–Crippen MR) is 75.7 cm³/mol. The highest BCUT2D eigenvalue weighted by molar-refractivity contribution is 5.41. The lowest BCUT2D eigenvalue weighted by Crippen LogP contribution is -2.23. The molecule has 0 atom stereocenters. The Morgan fingerprint density at radius 1 is 1.26 bits per heavy atom. The van der Waals surface area contributed by atoms with Crippen LogP contribution in [0, 0.1) is 0 Å². The molecule has 0 amide bonds. The van der Waals surface area contributed by atoms with Crippen LogP contribution in [0.5, 0.6) is 11.5 Å². The molecule has 0 bridgehead atoms. The summed E-state index contributed by atoms with van der Waals surface area (Å²) in [4.78, 5) is 2.09. The molecule has 1 aromatic rings. The highest BCUT2D eigenvalue weighted by atomic mass is 16.5. The van der Waals surface area contributed by atoms with Gasteiger partial charge in [-0.05, 0) is 31.8 Å². The van der Waals surface area contributed by atoms with Gasteiger partial charge in [-0.3, -0.25) is 0 Å². The average Bonchev–Trinajstić information content (AvgIpc) is 2.39. The molecule has 2 N–H and O–H groups in total. The molecule has 0 aliphatic carbocycles. The first-order chi connectivity index (χ1) is 9.13. The molecule has 0 radical (unpaired) electrons. The second-order valence-electron chi connectivity index (χ2n) is 4.60. The van der Waals surface area contributed by atoms with Crippen LogP contribution in [0.15, 0.2) is 18.2 Å². The normalized spacial score (nSPS) is 10.9. The summed E-state index contributed by atoms with van der Waals surface area (Å²) in [7, 11) is 5.60. The minimum absolute atomic E-state index is 0.165. The van der Waals surface area contributed by atoms with E-state index >= 15 is 0 Å². The Morgan fingerprint density at radius 3 is 2.74 bits per heavy atom. The van der Waals surface area contributed by atoms with Crippen molar-refractivity contribution in [2.75, 3.05) is 47.5 Å². The van der Waals surface area contributed by atoms with Gasteiger partial charge in [0.2, 0.25) is 0 Å². The minimum Gasteiger partial charge on any atom is -0.504 e. The van der Waals surface area contributed by atoms with Gasteiger partial charge in [-0.25, -0.2) is 0 Å². The molecule has 0 saturated heterocycles. The van der Waals surface area contributed by atoms with Crippen LogP contribution in [-0.2, 0) is 11.3 Å². The maximum atomic E-state index is 9.48. The number of likely N-dealkylation sites (N-methyl/N-ethyl adjacent to an activating group) is 1. The van der Waals surface area contributed by atoms with Crippen molar-refractivity contribution in [3.8, 4) is 11.5 Å². The Hall–Kier alpha value is -1.30. The number of nitrogens with zero attached hydrogens (tertiary/aromatic N) is 1. The zero-order chi connectivity index (χ0) is 14.1. The average molecular weight is 268 g/mol. The van der Waals surface area contributed by atoms with E-state index < -0.39 is 0 Å². The molecule has 0 aliphatic rings. The van der Waals surface area contributed by atoms with Crippen LogP contribution < -0.4 is 10.1 Å².